The number of hydrogen-bond donors (Lipinski definition) is 0. The highest BCUT2D eigenvalue weighted by atomic mass is 79.9. The Hall–Kier alpha value is -0.110. The van der Waals surface area contributed by atoms with Gasteiger partial charge < -0.3 is 0 Å². The molecule has 0 N–H and O–H groups in total. The lowest BCUT2D eigenvalue weighted by atomic mass is 10.2. The van der Waals surface area contributed by atoms with Gasteiger partial charge in [-0.3, -0.25) is 4.79 Å². The largest absolute Gasteiger partial charge is 0.300 e. The molecule has 1 nitrogen and oxygen atoms in total. The third kappa shape index (κ3) is 7.79. The van der Waals surface area contributed by atoms with E-state index in [1.165, 1.54) is 12.8 Å². The maximum atomic E-state index is 10.6. The number of allylic oxidation sites excluding steroid dienone is 2. The van der Waals surface area contributed by atoms with E-state index < -0.39 is 0 Å². The molecule has 0 aliphatic rings. The van der Waals surface area contributed by atoms with E-state index in [4.69, 9.17) is 0 Å². The summed E-state index contributed by atoms with van der Waals surface area (Å²) in [6.45, 7) is 3.77. The Bertz CT molecular complexity index is 150. The predicted molar refractivity (Wildman–Crippen MR) is 51.8 cm³/mol. The molecular weight excluding hydrogens is 204 g/mol. The van der Waals surface area contributed by atoms with Gasteiger partial charge in [-0.25, -0.2) is 0 Å². The molecule has 0 amide bonds. The summed E-state index contributed by atoms with van der Waals surface area (Å²) in [6.07, 6.45) is 6.11. The summed E-state index contributed by atoms with van der Waals surface area (Å²) >= 11 is 3.35. The van der Waals surface area contributed by atoms with E-state index in [1.54, 1.807) is 6.92 Å². The van der Waals surface area contributed by atoms with Crippen LogP contribution < -0.4 is 0 Å². The van der Waals surface area contributed by atoms with Crippen molar-refractivity contribution in [2.75, 3.05) is 0 Å². The average molecular weight is 219 g/mol. The van der Waals surface area contributed by atoms with Gasteiger partial charge >= 0.3 is 0 Å². The van der Waals surface area contributed by atoms with Crippen molar-refractivity contribution >= 4 is 21.7 Å². The second kappa shape index (κ2) is 6.59. The maximum Gasteiger partial charge on any atom is 0.134 e. The highest BCUT2D eigenvalue weighted by Crippen LogP contribution is 2.12. The highest BCUT2D eigenvalue weighted by molar-refractivity contribution is 9.11. The molecule has 0 spiro atoms. The third-order valence-electron chi connectivity index (χ3n) is 1.34. The standard InChI is InChI=1S/C9H15BrO/c1-3-4-5-6-9(10)7-8(2)11/h6H,3-5,7H2,1-2H3/b9-6-. The summed E-state index contributed by atoms with van der Waals surface area (Å²) in [4.78, 5) is 10.6. The van der Waals surface area contributed by atoms with Crippen molar-refractivity contribution in [2.45, 2.75) is 39.5 Å². The van der Waals surface area contributed by atoms with E-state index in [1.807, 2.05) is 0 Å². The van der Waals surface area contributed by atoms with Gasteiger partial charge in [-0.05, 0) is 17.8 Å². The van der Waals surface area contributed by atoms with Gasteiger partial charge in [-0.1, -0.05) is 41.8 Å². The van der Waals surface area contributed by atoms with E-state index >= 15 is 0 Å². The normalized spacial score (nSPS) is 11.7. The van der Waals surface area contributed by atoms with Crippen molar-refractivity contribution in [1.29, 1.82) is 0 Å². The van der Waals surface area contributed by atoms with Gasteiger partial charge in [0.2, 0.25) is 0 Å². The van der Waals surface area contributed by atoms with Crippen molar-refractivity contribution in [3.05, 3.63) is 10.6 Å². The quantitative estimate of drug-likeness (QED) is 0.647. The lowest BCUT2D eigenvalue weighted by molar-refractivity contribution is -0.116. The minimum Gasteiger partial charge on any atom is -0.300 e. The fourth-order valence-electron chi connectivity index (χ4n) is 0.773. The molecule has 0 aromatic rings. The molecule has 64 valence electrons. The van der Waals surface area contributed by atoms with Gasteiger partial charge in [0.25, 0.3) is 0 Å². The fourth-order valence-corrected chi connectivity index (χ4v) is 1.40. The zero-order valence-corrected chi connectivity index (χ0v) is 8.78. The molecule has 0 atom stereocenters. The first kappa shape index (κ1) is 10.9. The SMILES string of the molecule is CCCC/C=C(\Br)CC(C)=O. The summed E-state index contributed by atoms with van der Waals surface area (Å²) < 4.78 is 1.03. The van der Waals surface area contributed by atoms with E-state index in [0.717, 1.165) is 10.9 Å². The lowest BCUT2D eigenvalue weighted by Crippen LogP contribution is -1.88. The Morgan fingerprint density at radius 3 is 2.64 bits per heavy atom. The number of halogens is 1. The molecular formula is C9H15BrO. The molecule has 0 saturated carbocycles. The molecule has 0 bridgehead atoms. The minimum absolute atomic E-state index is 0.213. The minimum atomic E-state index is 0.213. The molecule has 0 aliphatic heterocycles. The van der Waals surface area contributed by atoms with Crippen molar-refractivity contribution < 1.29 is 4.79 Å². The molecule has 0 radical (unpaired) electrons. The number of rotatable bonds is 5. The van der Waals surface area contributed by atoms with Crippen LogP contribution in [0.25, 0.3) is 0 Å². The summed E-state index contributed by atoms with van der Waals surface area (Å²) in [5.74, 6) is 0.213. The zero-order chi connectivity index (χ0) is 8.69. The molecule has 2 heteroatoms. The van der Waals surface area contributed by atoms with E-state index in [9.17, 15) is 4.79 Å². The van der Waals surface area contributed by atoms with Crippen LogP contribution in [0.4, 0.5) is 0 Å². The molecule has 0 heterocycles. The number of Topliss-reactive ketones (excluding diaryl/α,β-unsaturated/α-hetero) is 1. The first-order valence-electron chi connectivity index (χ1n) is 4.00. The first-order chi connectivity index (χ1) is 5.16. The Balaban J connectivity index is 3.54. The molecule has 0 aromatic heterocycles. The Labute approximate surface area is 77.0 Å². The second-order valence-corrected chi connectivity index (χ2v) is 3.69. The van der Waals surface area contributed by atoms with Crippen LogP contribution in [0.15, 0.2) is 10.6 Å². The summed E-state index contributed by atoms with van der Waals surface area (Å²) in [5, 5.41) is 0. The molecule has 11 heavy (non-hydrogen) atoms. The molecule has 0 unspecified atom stereocenters. The lowest BCUT2D eigenvalue weighted by Gasteiger charge is -1.94. The monoisotopic (exact) mass is 218 g/mol. The van der Waals surface area contributed by atoms with Crippen LogP contribution in [0.3, 0.4) is 0 Å². The van der Waals surface area contributed by atoms with Crippen molar-refractivity contribution in [2.24, 2.45) is 0 Å². The highest BCUT2D eigenvalue weighted by Gasteiger charge is 1.95. The molecule has 0 saturated heterocycles. The van der Waals surface area contributed by atoms with Crippen molar-refractivity contribution in [3.63, 3.8) is 0 Å². The zero-order valence-electron chi connectivity index (χ0n) is 7.19. The van der Waals surface area contributed by atoms with Crippen LogP contribution in [0.1, 0.15) is 39.5 Å². The predicted octanol–water partition coefficient (Wildman–Crippen LogP) is 3.43. The van der Waals surface area contributed by atoms with Crippen molar-refractivity contribution in [3.8, 4) is 0 Å². The fraction of sp³-hybridized carbons (Fsp3) is 0.667. The smallest absolute Gasteiger partial charge is 0.134 e. The summed E-state index contributed by atoms with van der Waals surface area (Å²) in [6, 6.07) is 0. The third-order valence-corrected chi connectivity index (χ3v) is 1.95. The molecule has 0 rings (SSSR count). The Morgan fingerprint density at radius 2 is 2.18 bits per heavy atom. The molecule has 0 fully saturated rings. The number of carbonyl (C=O) groups excluding carboxylic acids is 1. The molecule has 0 aliphatic carbocycles. The average Bonchev–Trinajstić information content (AvgIpc) is 1.86. The van der Waals surface area contributed by atoms with E-state index in [2.05, 4.69) is 28.9 Å². The maximum absolute atomic E-state index is 10.6. The van der Waals surface area contributed by atoms with Crippen LogP contribution in [0.2, 0.25) is 0 Å². The number of ketones is 1. The van der Waals surface area contributed by atoms with Crippen molar-refractivity contribution in [1.82, 2.24) is 0 Å². The Kier molecular flexibility index (Phi) is 6.52. The summed E-state index contributed by atoms with van der Waals surface area (Å²) in [7, 11) is 0. The van der Waals surface area contributed by atoms with E-state index in [-0.39, 0.29) is 5.78 Å². The van der Waals surface area contributed by atoms with Crippen LogP contribution in [0.5, 0.6) is 0 Å². The molecule has 0 aromatic carbocycles. The van der Waals surface area contributed by atoms with Gasteiger partial charge in [-0.2, -0.15) is 0 Å². The van der Waals surface area contributed by atoms with Crippen LogP contribution in [-0.2, 0) is 4.79 Å². The first-order valence-corrected chi connectivity index (χ1v) is 4.80. The van der Waals surface area contributed by atoms with Crippen LogP contribution >= 0.6 is 15.9 Å². The Morgan fingerprint density at radius 1 is 1.55 bits per heavy atom. The van der Waals surface area contributed by atoms with Gasteiger partial charge in [0.05, 0.1) is 0 Å². The van der Waals surface area contributed by atoms with Gasteiger partial charge in [0, 0.05) is 6.42 Å². The van der Waals surface area contributed by atoms with Crippen LogP contribution in [0, 0.1) is 0 Å². The number of carbonyl (C=O) groups is 1. The van der Waals surface area contributed by atoms with Gasteiger partial charge in [0.15, 0.2) is 0 Å². The number of unbranched alkanes of at least 4 members (excludes halogenated alkanes) is 2. The topological polar surface area (TPSA) is 17.1 Å². The van der Waals surface area contributed by atoms with Gasteiger partial charge in [0.1, 0.15) is 5.78 Å². The van der Waals surface area contributed by atoms with E-state index in [0.29, 0.717) is 6.42 Å². The second-order valence-electron chi connectivity index (χ2n) is 2.67. The van der Waals surface area contributed by atoms with Crippen LogP contribution in [-0.4, -0.2) is 5.78 Å². The number of hydrogen-bond acceptors (Lipinski definition) is 1. The summed E-state index contributed by atoms with van der Waals surface area (Å²) in [5.41, 5.74) is 0. The van der Waals surface area contributed by atoms with Gasteiger partial charge in [-0.15, -0.1) is 0 Å².